The molecule has 0 amide bonds. The number of hydrogen-bond acceptors (Lipinski definition) is 5. The second kappa shape index (κ2) is 10.5. The molecule has 0 N–H and O–H groups in total. The lowest BCUT2D eigenvalue weighted by molar-refractivity contribution is -0.167. The highest BCUT2D eigenvalue weighted by molar-refractivity contribution is 5.80. The summed E-state index contributed by atoms with van der Waals surface area (Å²) in [5.74, 6) is -0.324. The van der Waals surface area contributed by atoms with Crippen molar-refractivity contribution in [3.05, 3.63) is 64.7 Å². The van der Waals surface area contributed by atoms with Gasteiger partial charge in [0.2, 0.25) is 6.10 Å². The lowest BCUT2D eigenvalue weighted by Crippen LogP contribution is -2.23. The fourth-order valence-corrected chi connectivity index (χ4v) is 2.74. The van der Waals surface area contributed by atoms with E-state index in [1.165, 1.54) is 6.92 Å². The Kier molecular flexibility index (Phi) is 8.05. The minimum Gasteiger partial charge on any atom is -0.489 e. The van der Waals surface area contributed by atoms with Crippen LogP contribution in [-0.4, -0.2) is 18.5 Å². The average Bonchev–Trinajstić information content (AvgIpc) is 2.67. The maximum absolute atomic E-state index is 12.5. The minimum absolute atomic E-state index is 0.250. The van der Waals surface area contributed by atoms with E-state index in [1.807, 2.05) is 51.1 Å². The third kappa shape index (κ3) is 6.12. The first kappa shape index (κ1) is 21.5. The van der Waals surface area contributed by atoms with Crippen molar-refractivity contribution in [1.29, 1.82) is 0 Å². The summed E-state index contributed by atoms with van der Waals surface area (Å²) < 4.78 is 16.6. The van der Waals surface area contributed by atoms with Crippen LogP contribution >= 0.6 is 0 Å². The van der Waals surface area contributed by atoms with Gasteiger partial charge in [-0.3, -0.25) is 4.79 Å². The third-order valence-electron chi connectivity index (χ3n) is 4.30. The molecule has 5 heteroatoms. The van der Waals surface area contributed by atoms with Crippen LogP contribution in [0.4, 0.5) is 0 Å². The van der Waals surface area contributed by atoms with Crippen molar-refractivity contribution in [2.24, 2.45) is 0 Å². The summed E-state index contributed by atoms with van der Waals surface area (Å²) >= 11 is 0. The highest BCUT2D eigenvalue weighted by Gasteiger charge is 2.27. The highest BCUT2D eigenvalue weighted by atomic mass is 16.6. The molecular formula is C23H28O5. The fourth-order valence-electron chi connectivity index (χ4n) is 2.74. The van der Waals surface area contributed by atoms with Gasteiger partial charge in [-0.25, -0.2) is 4.79 Å². The molecule has 1 unspecified atom stereocenters. The van der Waals surface area contributed by atoms with E-state index in [0.717, 1.165) is 35.3 Å². The SMILES string of the molecule is CCCCOC(=O)C(OC(C)=O)c1ccccc1COc1cc(C)ccc1C. The molecule has 0 spiro atoms. The quantitative estimate of drug-likeness (QED) is 0.458. The molecule has 0 aromatic heterocycles. The van der Waals surface area contributed by atoms with Gasteiger partial charge in [0.25, 0.3) is 0 Å². The number of rotatable bonds is 9. The Hall–Kier alpha value is -2.82. The van der Waals surface area contributed by atoms with Crippen LogP contribution in [0.3, 0.4) is 0 Å². The number of carbonyl (C=O) groups is 2. The van der Waals surface area contributed by atoms with E-state index in [2.05, 4.69) is 0 Å². The Bertz CT molecular complexity index is 812. The normalized spacial score (nSPS) is 11.6. The molecule has 0 fully saturated rings. The van der Waals surface area contributed by atoms with Crippen LogP contribution in [0.2, 0.25) is 0 Å². The van der Waals surface area contributed by atoms with Crippen molar-refractivity contribution < 1.29 is 23.8 Å². The summed E-state index contributed by atoms with van der Waals surface area (Å²) in [6.45, 7) is 7.82. The van der Waals surface area contributed by atoms with Gasteiger partial charge in [0.05, 0.1) is 6.61 Å². The summed E-state index contributed by atoms with van der Waals surface area (Å²) in [7, 11) is 0. The van der Waals surface area contributed by atoms with Crippen LogP contribution < -0.4 is 4.74 Å². The lowest BCUT2D eigenvalue weighted by Gasteiger charge is -2.20. The highest BCUT2D eigenvalue weighted by Crippen LogP contribution is 2.26. The van der Waals surface area contributed by atoms with Crippen LogP contribution in [0.5, 0.6) is 5.75 Å². The summed E-state index contributed by atoms with van der Waals surface area (Å²) in [6, 6.07) is 13.3. The van der Waals surface area contributed by atoms with E-state index in [-0.39, 0.29) is 6.61 Å². The molecule has 0 radical (unpaired) electrons. The predicted molar refractivity (Wildman–Crippen MR) is 107 cm³/mol. The number of hydrogen-bond donors (Lipinski definition) is 0. The van der Waals surface area contributed by atoms with Gasteiger partial charge in [0.15, 0.2) is 0 Å². The van der Waals surface area contributed by atoms with Crippen molar-refractivity contribution in [1.82, 2.24) is 0 Å². The Morgan fingerprint density at radius 2 is 1.82 bits per heavy atom. The lowest BCUT2D eigenvalue weighted by atomic mass is 10.0. The van der Waals surface area contributed by atoms with Crippen LogP contribution in [0, 0.1) is 13.8 Å². The molecule has 0 heterocycles. The first-order valence-corrected chi connectivity index (χ1v) is 9.54. The van der Waals surface area contributed by atoms with Crippen molar-refractivity contribution in [2.45, 2.75) is 53.2 Å². The molecule has 1 atom stereocenters. The van der Waals surface area contributed by atoms with Crippen LogP contribution in [0.1, 0.15) is 55.0 Å². The molecule has 0 aliphatic rings. The zero-order valence-corrected chi connectivity index (χ0v) is 17.0. The average molecular weight is 384 g/mol. The fraction of sp³-hybridized carbons (Fsp3) is 0.391. The molecular weight excluding hydrogens is 356 g/mol. The van der Waals surface area contributed by atoms with Gasteiger partial charge in [-0.15, -0.1) is 0 Å². The van der Waals surface area contributed by atoms with Crippen LogP contribution in [0.15, 0.2) is 42.5 Å². The smallest absolute Gasteiger partial charge is 0.352 e. The zero-order valence-electron chi connectivity index (χ0n) is 17.0. The molecule has 0 bridgehead atoms. The van der Waals surface area contributed by atoms with Gasteiger partial charge in [0.1, 0.15) is 12.4 Å². The number of aryl methyl sites for hydroxylation is 2. The van der Waals surface area contributed by atoms with Crippen LogP contribution in [0.25, 0.3) is 0 Å². The molecule has 2 rings (SSSR count). The maximum Gasteiger partial charge on any atom is 0.352 e. The van der Waals surface area contributed by atoms with Crippen LogP contribution in [-0.2, 0) is 25.7 Å². The van der Waals surface area contributed by atoms with E-state index < -0.39 is 18.0 Å². The molecule has 0 aliphatic carbocycles. The topological polar surface area (TPSA) is 61.8 Å². The molecule has 150 valence electrons. The Labute approximate surface area is 166 Å². The molecule has 28 heavy (non-hydrogen) atoms. The van der Waals surface area contributed by atoms with Gasteiger partial charge in [0, 0.05) is 12.5 Å². The Morgan fingerprint density at radius 3 is 2.54 bits per heavy atom. The van der Waals surface area contributed by atoms with Gasteiger partial charge >= 0.3 is 11.9 Å². The van der Waals surface area contributed by atoms with Crippen molar-refractivity contribution in [3.63, 3.8) is 0 Å². The first-order valence-electron chi connectivity index (χ1n) is 9.54. The molecule has 2 aromatic rings. The zero-order chi connectivity index (χ0) is 20.5. The van der Waals surface area contributed by atoms with Crippen molar-refractivity contribution in [2.75, 3.05) is 6.61 Å². The number of benzene rings is 2. The summed E-state index contributed by atoms with van der Waals surface area (Å²) in [4.78, 5) is 24.1. The second-order valence-electron chi connectivity index (χ2n) is 6.77. The number of carbonyl (C=O) groups excluding carboxylic acids is 2. The molecule has 5 nitrogen and oxygen atoms in total. The maximum atomic E-state index is 12.5. The summed E-state index contributed by atoms with van der Waals surface area (Å²) in [5.41, 5.74) is 3.47. The predicted octanol–water partition coefficient (Wildman–Crippen LogP) is 4.83. The van der Waals surface area contributed by atoms with Gasteiger partial charge in [-0.05, 0) is 43.0 Å². The van der Waals surface area contributed by atoms with E-state index in [1.54, 1.807) is 12.1 Å². The number of ether oxygens (including phenoxy) is 3. The van der Waals surface area contributed by atoms with E-state index in [4.69, 9.17) is 14.2 Å². The minimum atomic E-state index is -1.10. The standard InChI is InChI=1S/C23H28O5/c1-5-6-13-26-23(25)22(28-18(4)24)20-10-8-7-9-19(20)15-27-21-14-16(2)11-12-17(21)3/h7-12,14,22H,5-6,13,15H2,1-4H3. The molecule has 0 aliphatic heterocycles. The van der Waals surface area contributed by atoms with Gasteiger partial charge < -0.3 is 14.2 Å². The van der Waals surface area contributed by atoms with E-state index >= 15 is 0 Å². The largest absolute Gasteiger partial charge is 0.489 e. The first-order chi connectivity index (χ1) is 13.4. The summed E-state index contributed by atoms with van der Waals surface area (Å²) in [5, 5.41) is 0. The third-order valence-corrected chi connectivity index (χ3v) is 4.30. The Morgan fingerprint density at radius 1 is 1.07 bits per heavy atom. The number of esters is 2. The molecule has 0 saturated carbocycles. The number of unbranched alkanes of at least 4 members (excludes halogenated alkanes) is 1. The Balaban J connectivity index is 2.23. The van der Waals surface area contributed by atoms with E-state index in [0.29, 0.717) is 12.2 Å². The second-order valence-corrected chi connectivity index (χ2v) is 6.77. The molecule has 2 aromatic carbocycles. The van der Waals surface area contributed by atoms with E-state index in [9.17, 15) is 9.59 Å². The van der Waals surface area contributed by atoms with Gasteiger partial charge in [-0.2, -0.15) is 0 Å². The van der Waals surface area contributed by atoms with Crippen molar-refractivity contribution in [3.8, 4) is 5.75 Å². The molecule has 0 saturated heterocycles. The van der Waals surface area contributed by atoms with Crippen molar-refractivity contribution >= 4 is 11.9 Å². The van der Waals surface area contributed by atoms with Gasteiger partial charge in [-0.1, -0.05) is 49.7 Å². The monoisotopic (exact) mass is 384 g/mol. The summed E-state index contributed by atoms with van der Waals surface area (Å²) in [6.07, 6.45) is 0.564.